The van der Waals surface area contributed by atoms with Crippen LogP contribution in [0.2, 0.25) is 0 Å². The standard InChI is InChI=1S/C8H20ClO3P/c1-3-5-7-11-13(9,10)12-8-6-4-2/h10,13H,3-8H2,1-2H3. The van der Waals surface area contributed by atoms with Gasteiger partial charge in [0.25, 0.3) is 0 Å². The third-order valence-electron chi connectivity index (χ3n) is 1.56. The summed E-state index contributed by atoms with van der Waals surface area (Å²) >= 11 is 5.66. The summed E-state index contributed by atoms with van der Waals surface area (Å²) in [6.07, 6.45) is 3.85. The van der Waals surface area contributed by atoms with Gasteiger partial charge in [0.2, 0.25) is 0 Å². The predicted octanol–water partition coefficient (Wildman–Crippen LogP) is 3.26. The molecule has 0 rings (SSSR count). The molecule has 0 aromatic heterocycles. The van der Waals surface area contributed by atoms with Crippen molar-refractivity contribution in [2.75, 3.05) is 13.2 Å². The number of rotatable bonds is 8. The van der Waals surface area contributed by atoms with E-state index in [2.05, 4.69) is 13.8 Å². The minimum absolute atomic E-state index is 0.481. The van der Waals surface area contributed by atoms with Gasteiger partial charge in [0.1, 0.15) is 0 Å². The van der Waals surface area contributed by atoms with E-state index >= 15 is 0 Å². The number of halogens is 1. The van der Waals surface area contributed by atoms with Crippen molar-refractivity contribution in [2.24, 2.45) is 0 Å². The monoisotopic (exact) mass is 230 g/mol. The maximum atomic E-state index is 9.43. The van der Waals surface area contributed by atoms with Gasteiger partial charge in [0.05, 0.1) is 0 Å². The first-order valence-electron chi connectivity index (χ1n) is 4.81. The van der Waals surface area contributed by atoms with E-state index in [0.717, 1.165) is 25.7 Å². The van der Waals surface area contributed by atoms with Crippen LogP contribution in [0.25, 0.3) is 0 Å². The van der Waals surface area contributed by atoms with Crippen molar-refractivity contribution in [2.45, 2.75) is 39.5 Å². The molecule has 0 aliphatic heterocycles. The molecule has 0 atom stereocenters. The third-order valence-corrected chi connectivity index (χ3v) is 3.33. The Morgan fingerprint density at radius 1 is 1.08 bits per heavy atom. The Morgan fingerprint density at radius 2 is 1.46 bits per heavy atom. The van der Waals surface area contributed by atoms with E-state index in [-0.39, 0.29) is 0 Å². The van der Waals surface area contributed by atoms with Crippen LogP contribution in [-0.2, 0) is 9.05 Å². The Balaban J connectivity index is 3.42. The van der Waals surface area contributed by atoms with Gasteiger partial charge in [-0.2, -0.15) is 0 Å². The summed E-state index contributed by atoms with van der Waals surface area (Å²) < 4.78 is 10.1. The summed E-state index contributed by atoms with van der Waals surface area (Å²) in [6, 6.07) is 0. The van der Waals surface area contributed by atoms with Crippen LogP contribution in [0.1, 0.15) is 39.5 Å². The quantitative estimate of drug-likeness (QED) is 0.514. The van der Waals surface area contributed by atoms with Crippen LogP contribution in [0.5, 0.6) is 0 Å². The second-order valence-electron chi connectivity index (χ2n) is 2.91. The van der Waals surface area contributed by atoms with Crippen LogP contribution < -0.4 is 0 Å². The average molecular weight is 231 g/mol. The second kappa shape index (κ2) is 7.95. The van der Waals surface area contributed by atoms with Crippen LogP contribution in [0, 0.1) is 0 Å². The molecule has 13 heavy (non-hydrogen) atoms. The van der Waals surface area contributed by atoms with Crippen LogP contribution in [0.15, 0.2) is 0 Å². The molecule has 0 saturated carbocycles. The Morgan fingerprint density at radius 3 is 1.77 bits per heavy atom. The summed E-state index contributed by atoms with van der Waals surface area (Å²) in [5.41, 5.74) is 0. The minimum atomic E-state index is -3.31. The molecule has 0 amide bonds. The van der Waals surface area contributed by atoms with Crippen molar-refractivity contribution < 1.29 is 13.9 Å². The molecular weight excluding hydrogens is 211 g/mol. The fraction of sp³-hybridized carbons (Fsp3) is 1.00. The Bertz CT molecular complexity index is 110. The second-order valence-corrected chi connectivity index (χ2v) is 5.93. The Kier molecular flexibility index (Phi) is 8.32. The number of hydrogen-bond donors (Lipinski definition) is 1. The molecule has 1 N–H and O–H groups in total. The molecule has 0 aromatic rings. The Labute approximate surface area is 85.8 Å². The first-order chi connectivity index (χ1) is 6.12. The summed E-state index contributed by atoms with van der Waals surface area (Å²) in [5.74, 6) is 0. The fourth-order valence-corrected chi connectivity index (χ4v) is 2.06. The molecule has 82 valence electrons. The molecule has 0 saturated heterocycles. The number of hydrogen-bond acceptors (Lipinski definition) is 3. The van der Waals surface area contributed by atoms with Gasteiger partial charge in [-0.25, -0.2) is 0 Å². The van der Waals surface area contributed by atoms with Gasteiger partial charge in [-0.1, -0.05) is 0 Å². The SMILES string of the molecule is CCCCO[PH](O)(Cl)OCCCC. The average Bonchev–Trinajstić information content (AvgIpc) is 2.05. The van der Waals surface area contributed by atoms with E-state index in [1.165, 1.54) is 0 Å². The molecule has 0 fully saturated rings. The molecule has 0 bridgehead atoms. The van der Waals surface area contributed by atoms with Gasteiger partial charge < -0.3 is 0 Å². The third kappa shape index (κ3) is 8.92. The maximum absolute atomic E-state index is 9.43. The molecule has 3 nitrogen and oxygen atoms in total. The first kappa shape index (κ1) is 13.6. The van der Waals surface area contributed by atoms with Crippen LogP contribution in [0.4, 0.5) is 0 Å². The van der Waals surface area contributed by atoms with Gasteiger partial charge in [0, 0.05) is 0 Å². The normalized spacial score (nSPS) is 13.2. The van der Waals surface area contributed by atoms with E-state index in [1.807, 2.05) is 0 Å². The summed E-state index contributed by atoms with van der Waals surface area (Å²) in [6.45, 7) is 5.07. The molecule has 0 aliphatic rings. The van der Waals surface area contributed by atoms with Crippen molar-refractivity contribution in [3.8, 4) is 0 Å². The van der Waals surface area contributed by atoms with E-state index < -0.39 is 7.30 Å². The molecule has 5 heteroatoms. The predicted molar refractivity (Wildman–Crippen MR) is 58.1 cm³/mol. The van der Waals surface area contributed by atoms with Crippen molar-refractivity contribution >= 4 is 18.5 Å². The molecule has 0 heterocycles. The van der Waals surface area contributed by atoms with Crippen LogP contribution >= 0.6 is 18.5 Å². The molecular formula is C8H20ClO3P. The zero-order valence-electron chi connectivity index (χ0n) is 8.38. The van der Waals surface area contributed by atoms with E-state index in [9.17, 15) is 4.89 Å². The van der Waals surface area contributed by atoms with Gasteiger partial charge in [-0.05, 0) is 0 Å². The molecule has 0 spiro atoms. The first-order valence-corrected chi connectivity index (χ1v) is 7.59. The molecule has 0 unspecified atom stereocenters. The van der Waals surface area contributed by atoms with E-state index in [1.54, 1.807) is 0 Å². The van der Waals surface area contributed by atoms with Gasteiger partial charge >= 0.3 is 85.2 Å². The summed E-state index contributed by atoms with van der Waals surface area (Å²) in [4.78, 5) is 9.43. The summed E-state index contributed by atoms with van der Waals surface area (Å²) in [7, 11) is -3.31. The molecule has 0 aromatic carbocycles. The van der Waals surface area contributed by atoms with Gasteiger partial charge in [0.15, 0.2) is 0 Å². The summed E-state index contributed by atoms with van der Waals surface area (Å²) in [5, 5.41) is 0. The van der Waals surface area contributed by atoms with E-state index in [4.69, 9.17) is 20.3 Å². The van der Waals surface area contributed by atoms with Crippen LogP contribution in [-0.4, -0.2) is 18.1 Å². The van der Waals surface area contributed by atoms with E-state index in [0.29, 0.717) is 13.2 Å². The number of unbranched alkanes of at least 4 members (excludes halogenated alkanes) is 2. The topological polar surface area (TPSA) is 38.7 Å². The molecule has 0 radical (unpaired) electrons. The van der Waals surface area contributed by atoms with Crippen molar-refractivity contribution in [1.29, 1.82) is 0 Å². The van der Waals surface area contributed by atoms with Gasteiger partial charge in [-0.3, -0.25) is 0 Å². The zero-order valence-corrected chi connectivity index (χ0v) is 10.1. The fourth-order valence-electron chi connectivity index (χ4n) is 0.726. The zero-order chi connectivity index (χ0) is 10.2. The molecule has 0 aliphatic carbocycles. The van der Waals surface area contributed by atoms with Crippen LogP contribution in [0.3, 0.4) is 0 Å². The van der Waals surface area contributed by atoms with Crippen molar-refractivity contribution in [1.82, 2.24) is 0 Å². The van der Waals surface area contributed by atoms with Crippen molar-refractivity contribution in [3.63, 3.8) is 0 Å². The van der Waals surface area contributed by atoms with Gasteiger partial charge in [-0.15, -0.1) is 0 Å². The Hall–Kier alpha value is 0.600. The van der Waals surface area contributed by atoms with Crippen molar-refractivity contribution in [3.05, 3.63) is 0 Å².